The third-order valence-electron chi connectivity index (χ3n) is 3.09. The van der Waals surface area contributed by atoms with Crippen molar-refractivity contribution in [1.82, 2.24) is 19.9 Å². The van der Waals surface area contributed by atoms with Gasteiger partial charge < -0.3 is 15.0 Å². The van der Waals surface area contributed by atoms with Crippen molar-refractivity contribution < 1.29 is 14.7 Å². The molecule has 0 bridgehead atoms. The Kier molecular flexibility index (Phi) is 3.11. The molecule has 2 aromatic heterocycles. The number of H-pyrrole nitrogens is 1. The highest BCUT2D eigenvalue weighted by Gasteiger charge is 2.36. The van der Waals surface area contributed by atoms with Crippen molar-refractivity contribution in [2.45, 2.75) is 19.0 Å². The number of fused-ring (bicyclic) bond motifs is 1. The van der Waals surface area contributed by atoms with Crippen LogP contribution < -0.4 is 5.32 Å². The zero-order valence-electron chi connectivity index (χ0n) is 10.2. The van der Waals surface area contributed by atoms with Crippen LogP contribution in [0.15, 0.2) is 17.9 Å². The summed E-state index contributed by atoms with van der Waals surface area (Å²) in [6, 6.07) is -1.40. The predicted octanol–water partition coefficient (Wildman–Crippen LogP) is 0.910. The molecule has 1 aliphatic rings. The van der Waals surface area contributed by atoms with E-state index in [2.05, 4.69) is 20.3 Å². The molecule has 1 aliphatic heterocycles. The number of aliphatic carboxylic acids is 1. The molecule has 3 heterocycles. The first-order chi connectivity index (χ1) is 9.65. The lowest BCUT2D eigenvalue weighted by Crippen LogP contribution is -2.50. The fourth-order valence-electron chi connectivity index (χ4n) is 2.12. The van der Waals surface area contributed by atoms with Gasteiger partial charge in [0.05, 0.1) is 24.3 Å². The number of hydrogen-bond acceptors (Lipinski definition) is 5. The SMILES string of the molecule is O=C(O)C1Cc2nc[nH]c2CN1C(=O)Nc1nccs1. The van der Waals surface area contributed by atoms with Gasteiger partial charge in [-0.05, 0) is 0 Å². The average molecular weight is 293 g/mol. The Balaban J connectivity index is 1.82. The minimum Gasteiger partial charge on any atom is -0.480 e. The molecule has 9 heteroatoms. The van der Waals surface area contributed by atoms with Crippen LogP contribution in [0.4, 0.5) is 9.93 Å². The molecule has 20 heavy (non-hydrogen) atoms. The number of thiazole rings is 1. The van der Waals surface area contributed by atoms with Gasteiger partial charge in [0, 0.05) is 18.0 Å². The Labute approximate surface area is 117 Å². The van der Waals surface area contributed by atoms with Gasteiger partial charge in [0.2, 0.25) is 0 Å². The van der Waals surface area contributed by atoms with Crippen molar-refractivity contribution in [2.75, 3.05) is 5.32 Å². The van der Waals surface area contributed by atoms with E-state index in [1.165, 1.54) is 22.6 Å². The number of carboxylic acids is 1. The van der Waals surface area contributed by atoms with Crippen LogP contribution in [0, 0.1) is 0 Å². The Morgan fingerprint density at radius 3 is 3.05 bits per heavy atom. The predicted molar refractivity (Wildman–Crippen MR) is 70.4 cm³/mol. The molecule has 3 N–H and O–H groups in total. The van der Waals surface area contributed by atoms with E-state index in [9.17, 15) is 14.7 Å². The van der Waals surface area contributed by atoms with Crippen molar-refractivity contribution in [3.63, 3.8) is 0 Å². The quantitative estimate of drug-likeness (QED) is 0.762. The minimum atomic E-state index is -1.05. The lowest BCUT2D eigenvalue weighted by atomic mass is 10.0. The van der Waals surface area contributed by atoms with Crippen LogP contribution in [0.1, 0.15) is 11.4 Å². The van der Waals surface area contributed by atoms with Gasteiger partial charge in [0.15, 0.2) is 5.13 Å². The lowest BCUT2D eigenvalue weighted by molar-refractivity contribution is -0.142. The summed E-state index contributed by atoms with van der Waals surface area (Å²) in [6.07, 6.45) is 3.27. The number of anilines is 1. The van der Waals surface area contributed by atoms with Crippen molar-refractivity contribution in [2.24, 2.45) is 0 Å². The lowest BCUT2D eigenvalue weighted by Gasteiger charge is -2.31. The molecular formula is C11H11N5O3S. The summed E-state index contributed by atoms with van der Waals surface area (Å²) < 4.78 is 0. The van der Waals surface area contributed by atoms with Crippen LogP contribution in [-0.2, 0) is 17.8 Å². The topological polar surface area (TPSA) is 111 Å². The third kappa shape index (κ3) is 2.23. The van der Waals surface area contributed by atoms with Gasteiger partial charge >= 0.3 is 12.0 Å². The summed E-state index contributed by atoms with van der Waals surface area (Å²) in [6.45, 7) is 0.184. The molecule has 0 aromatic carbocycles. The minimum absolute atomic E-state index is 0.184. The van der Waals surface area contributed by atoms with Crippen molar-refractivity contribution in [3.05, 3.63) is 29.3 Å². The van der Waals surface area contributed by atoms with Crippen molar-refractivity contribution >= 4 is 28.5 Å². The van der Waals surface area contributed by atoms with E-state index < -0.39 is 18.0 Å². The van der Waals surface area contributed by atoms with Crippen LogP contribution in [0.5, 0.6) is 0 Å². The molecule has 0 spiro atoms. The van der Waals surface area contributed by atoms with Crippen LogP contribution in [0.2, 0.25) is 0 Å². The summed E-state index contributed by atoms with van der Waals surface area (Å²) >= 11 is 1.27. The first-order valence-corrected chi connectivity index (χ1v) is 6.74. The number of aromatic amines is 1. The van der Waals surface area contributed by atoms with E-state index in [-0.39, 0.29) is 13.0 Å². The number of urea groups is 1. The zero-order valence-corrected chi connectivity index (χ0v) is 11.1. The van der Waals surface area contributed by atoms with E-state index in [0.717, 1.165) is 5.69 Å². The third-order valence-corrected chi connectivity index (χ3v) is 3.78. The molecule has 1 unspecified atom stereocenters. The summed E-state index contributed by atoms with van der Waals surface area (Å²) in [4.78, 5) is 35.7. The zero-order chi connectivity index (χ0) is 14.1. The maximum absolute atomic E-state index is 12.2. The maximum Gasteiger partial charge on any atom is 0.326 e. The van der Waals surface area contributed by atoms with Gasteiger partial charge in [-0.1, -0.05) is 0 Å². The molecule has 8 nitrogen and oxygen atoms in total. The smallest absolute Gasteiger partial charge is 0.326 e. The second kappa shape index (κ2) is 4.93. The van der Waals surface area contributed by atoms with Crippen LogP contribution in [0.25, 0.3) is 0 Å². The van der Waals surface area contributed by atoms with E-state index >= 15 is 0 Å². The molecule has 104 valence electrons. The average Bonchev–Trinajstić information content (AvgIpc) is 3.06. The first-order valence-electron chi connectivity index (χ1n) is 5.86. The summed E-state index contributed by atoms with van der Waals surface area (Å²) in [5.74, 6) is -1.05. The molecule has 0 radical (unpaired) electrons. The number of nitrogens with one attached hydrogen (secondary N) is 2. The molecule has 1 atom stereocenters. The van der Waals surface area contributed by atoms with Crippen LogP contribution in [-0.4, -0.2) is 43.0 Å². The number of rotatable bonds is 2. The van der Waals surface area contributed by atoms with Crippen molar-refractivity contribution in [1.29, 1.82) is 0 Å². The van der Waals surface area contributed by atoms with Gasteiger partial charge in [-0.2, -0.15) is 0 Å². The number of carbonyl (C=O) groups is 2. The first kappa shape index (κ1) is 12.6. The van der Waals surface area contributed by atoms with E-state index in [1.54, 1.807) is 11.6 Å². The number of imidazole rings is 1. The van der Waals surface area contributed by atoms with Gasteiger partial charge in [-0.3, -0.25) is 5.32 Å². The summed E-state index contributed by atoms with van der Waals surface area (Å²) in [5, 5.41) is 14.0. The van der Waals surface area contributed by atoms with Gasteiger partial charge in [-0.15, -0.1) is 11.3 Å². The second-order valence-electron chi connectivity index (χ2n) is 4.28. The highest BCUT2D eigenvalue weighted by atomic mass is 32.1. The number of aromatic nitrogens is 3. The largest absolute Gasteiger partial charge is 0.480 e. The van der Waals surface area contributed by atoms with Crippen LogP contribution in [0.3, 0.4) is 0 Å². The number of hydrogen-bond donors (Lipinski definition) is 3. The van der Waals surface area contributed by atoms with Gasteiger partial charge in [-0.25, -0.2) is 19.6 Å². The molecule has 0 saturated carbocycles. The Hall–Kier alpha value is -2.42. The Bertz CT molecular complexity index is 638. The fourth-order valence-corrected chi connectivity index (χ4v) is 2.64. The number of carboxylic acid groups (broad SMARTS) is 1. The Morgan fingerprint density at radius 1 is 1.50 bits per heavy atom. The highest BCUT2D eigenvalue weighted by molar-refractivity contribution is 7.13. The van der Waals surface area contributed by atoms with E-state index in [4.69, 9.17) is 0 Å². The standard InChI is InChI=1S/C11H11N5O3S/c17-9(18)8-3-6-7(14-5-13-6)4-16(8)11(19)15-10-12-1-2-20-10/h1-2,5,8H,3-4H2,(H,13,14)(H,17,18)(H,12,15,19). The molecule has 0 saturated heterocycles. The normalized spacial score (nSPS) is 17.6. The van der Waals surface area contributed by atoms with Crippen LogP contribution >= 0.6 is 11.3 Å². The number of carbonyl (C=O) groups excluding carboxylic acids is 1. The van der Waals surface area contributed by atoms with Crippen molar-refractivity contribution in [3.8, 4) is 0 Å². The van der Waals surface area contributed by atoms with Gasteiger partial charge in [0.1, 0.15) is 6.04 Å². The maximum atomic E-state index is 12.2. The number of amides is 2. The summed E-state index contributed by atoms with van der Waals surface area (Å²) in [5.41, 5.74) is 1.45. The second-order valence-corrected chi connectivity index (χ2v) is 5.18. The molecule has 2 amide bonds. The molecule has 0 fully saturated rings. The van der Waals surface area contributed by atoms with Gasteiger partial charge in [0.25, 0.3) is 0 Å². The fraction of sp³-hybridized carbons (Fsp3) is 0.273. The highest BCUT2D eigenvalue weighted by Crippen LogP contribution is 2.22. The van der Waals surface area contributed by atoms with E-state index in [1.807, 2.05) is 0 Å². The van der Waals surface area contributed by atoms with E-state index in [0.29, 0.717) is 10.8 Å². The summed E-state index contributed by atoms with van der Waals surface area (Å²) in [7, 11) is 0. The molecule has 2 aromatic rings. The molecular weight excluding hydrogens is 282 g/mol. The molecule has 0 aliphatic carbocycles. The Morgan fingerprint density at radius 2 is 2.35 bits per heavy atom. The number of nitrogens with zero attached hydrogens (tertiary/aromatic N) is 3. The molecule has 3 rings (SSSR count). The monoisotopic (exact) mass is 293 g/mol.